The molecule has 0 spiro atoms. The van der Waals surface area contributed by atoms with Gasteiger partial charge in [0.1, 0.15) is 0 Å². The predicted molar refractivity (Wildman–Crippen MR) is 92.9 cm³/mol. The van der Waals surface area contributed by atoms with Gasteiger partial charge in [0, 0.05) is 17.8 Å². The minimum Gasteiger partial charge on any atom is -0.366 e. The minimum atomic E-state index is -1.58. The maximum atomic E-state index is 11.8. The summed E-state index contributed by atoms with van der Waals surface area (Å²) < 4.78 is 0. The molecule has 0 aromatic rings. The lowest BCUT2D eigenvalue weighted by Crippen LogP contribution is -2.52. The molecule has 0 unspecified atom stereocenters. The van der Waals surface area contributed by atoms with Gasteiger partial charge in [-0.2, -0.15) is 0 Å². The number of allylic oxidation sites excluding steroid dienone is 4. The summed E-state index contributed by atoms with van der Waals surface area (Å²) >= 11 is 0. The topological polar surface area (TPSA) is 57.5 Å². The summed E-state index contributed by atoms with van der Waals surface area (Å²) in [5.41, 5.74) is 1.37. The van der Waals surface area contributed by atoms with E-state index in [-0.39, 0.29) is 22.5 Å². The lowest BCUT2D eigenvalue weighted by atomic mass is 9.48. The molecule has 4 rings (SSSR count). The van der Waals surface area contributed by atoms with Crippen LogP contribution in [0.1, 0.15) is 59.3 Å². The molecule has 2 fully saturated rings. The fraction of sp³-hybridized carbons (Fsp3) is 0.762. The van der Waals surface area contributed by atoms with Crippen molar-refractivity contribution in [1.82, 2.24) is 0 Å². The van der Waals surface area contributed by atoms with Gasteiger partial charge < -0.3 is 10.2 Å². The average Bonchev–Trinajstić information content (AvgIpc) is 2.85. The third kappa shape index (κ3) is 2.13. The molecule has 24 heavy (non-hydrogen) atoms. The molecule has 3 nitrogen and oxygen atoms in total. The van der Waals surface area contributed by atoms with Crippen molar-refractivity contribution in [2.45, 2.75) is 65.1 Å². The molecular formula is C21H30O3. The molecule has 0 bridgehead atoms. The highest BCUT2D eigenvalue weighted by molar-refractivity contribution is 5.93. The van der Waals surface area contributed by atoms with Crippen LogP contribution in [0, 0.1) is 34.5 Å². The summed E-state index contributed by atoms with van der Waals surface area (Å²) in [5.74, 6) is 0.366. The van der Waals surface area contributed by atoms with E-state index in [1.54, 1.807) is 13.0 Å². The summed E-state index contributed by atoms with van der Waals surface area (Å²) in [5, 5.41) is 20.6. The summed E-state index contributed by atoms with van der Waals surface area (Å²) in [4.78, 5) is 11.8. The number of fused-ring (bicyclic) bond motifs is 5. The van der Waals surface area contributed by atoms with E-state index in [2.05, 4.69) is 26.0 Å². The number of carbonyl (C=O) groups excluding carboxylic acids is 1. The van der Waals surface area contributed by atoms with E-state index in [0.29, 0.717) is 24.2 Å². The second-order valence-corrected chi connectivity index (χ2v) is 9.37. The first kappa shape index (κ1) is 16.5. The van der Waals surface area contributed by atoms with Crippen molar-refractivity contribution in [3.63, 3.8) is 0 Å². The van der Waals surface area contributed by atoms with Crippen molar-refractivity contribution < 1.29 is 15.0 Å². The van der Waals surface area contributed by atoms with Gasteiger partial charge in [0.15, 0.2) is 11.6 Å². The largest absolute Gasteiger partial charge is 0.366 e. The molecule has 0 aromatic heterocycles. The van der Waals surface area contributed by atoms with E-state index < -0.39 is 5.79 Å². The summed E-state index contributed by atoms with van der Waals surface area (Å²) in [6.07, 6.45) is 12.1. The predicted octanol–water partition coefficient (Wildman–Crippen LogP) is 3.61. The lowest BCUT2D eigenvalue weighted by molar-refractivity contribution is -0.217. The standard InChI is InChI=1S/C21H30O3/c1-19-10-8-14(22)12-13(19)4-5-15-16-6-7-18(21(3,23)24)20(16,2)11-9-17(15)19/h4,8,10,15-18,23-24H,5-7,9,11-12H2,1-3H3/t15-,16-,17-,18-,19-,20-/m0/s1. The van der Waals surface area contributed by atoms with Crippen LogP contribution >= 0.6 is 0 Å². The summed E-state index contributed by atoms with van der Waals surface area (Å²) in [6.45, 7) is 6.17. The Labute approximate surface area is 144 Å². The normalized spacial score (nSPS) is 47.7. The third-order valence-corrected chi connectivity index (χ3v) is 8.18. The second kappa shape index (κ2) is 5.04. The van der Waals surface area contributed by atoms with Crippen LogP contribution in [-0.2, 0) is 4.79 Å². The van der Waals surface area contributed by atoms with Crippen LogP contribution in [0.5, 0.6) is 0 Å². The first-order valence-corrected chi connectivity index (χ1v) is 9.52. The third-order valence-electron chi connectivity index (χ3n) is 8.18. The zero-order valence-corrected chi connectivity index (χ0v) is 15.1. The maximum absolute atomic E-state index is 11.8. The van der Waals surface area contributed by atoms with E-state index in [0.717, 1.165) is 32.1 Å². The second-order valence-electron chi connectivity index (χ2n) is 9.37. The Morgan fingerprint density at radius 2 is 1.92 bits per heavy atom. The molecule has 0 aromatic carbocycles. The van der Waals surface area contributed by atoms with Gasteiger partial charge in [-0.25, -0.2) is 0 Å². The van der Waals surface area contributed by atoms with E-state index >= 15 is 0 Å². The molecule has 2 N–H and O–H groups in total. The first-order chi connectivity index (χ1) is 11.2. The first-order valence-electron chi connectivity index (χ1n) is 9.52. The van der Waals surface area contributed by atoms with Crippen LogP contribution in [0.25, 0.3) is 0 Å². The molecule has 0 aliphatic heterocycles. The van der Waals surface area contributed by atoms with Crippen molar-refractivity contribution in [3.05, 3.63) is 23.8 Å². The Hall–Kier alpha value is -0.930. The molecule has 2 saturated carbocycles. The smallest absolute Gasteiger partial charge is 0.163 e. The molecule has 132 valence electrons. The molecule has 4 aliphatic rings. The lowest BCUT2D eigenvalue weighted by Gasteiger charge is -2.57. The Morgan fingerprint density at radius 3 is 2.62 bits per heavy atom. The molecular weight excluding hydrogens is 300 g/mol. The van der Waals surface area contributed by atoms with Crippen molar-refractivity contribution >= 4 is 5.78 Å². The van der Waals surface area contributed by atoms with Crippen LogP contribution < -0.4 is 0 Å². The fourth-order valence-corrected chi connectivity index (χ4v) is 7.00. The number of hydrogen-bond acceptors (Lipinski definition) is 3. The Balaban J connectivity index is 1.69. The molecule has 6 atom stereocenters. The number of carbonyl (C=O) groups is 1. The SMILES string of the molecule is CC(O)(O)[C@H]1CC[C@H]2[C@@H]3CC=C4CC(=O)C=C[C@]4(C)[C@H]3CC[C@]12C. The highest BCUT2D eigenvalue weighted by Gasteiger charge is 2.60. The van der Waals surface area contributed by atoms with Crippen molar-refractivity contribution in [2.24, 2.45) is 34.5 Å². The van der Waals surface area contributed by atoms with E-state index in [4.69, 9.17) is 0 Å². The van der Waals surface area contributed by atoms with Crippen LogP contribution in [0.2, 0.25) is 0 Å². The van der Waals surface area contributed by atoms with Crippen molar-refractivity contribution in [1.29, 1.82) is 0 Å². The van der Waals surface area contributed by atoms with Crippen molar-refractivity contribution in [3.8, 4) is 0 Å². The molecule has 0 heterocycles. The van der Waals surface area contributed by atoms with E-state index in [1.165, 1.54) is 5.57 Å². The Morgan fingerprint density at radius 1 is 1.17 bits per heavy atom. The molecule has 3 heteroatoms. The highest BCUT2D eigenvalue weighted by Crippen LogP contribution is 2.66. The molecule has 0 radical (unpaired) electrons. The average molecular weight is 330 g/mol. The highest BCUT2D eigenvalue weighted by atomic mass is 16.5. The van der Waals surface area contributed by atoms with Gasteiger partial charge in [-0.15, -0.1) is 0 Å². The Kier molecular flexibility index (Phi) is 3.48. The van der Waals surface area contributed by atoms with Crippen molar-refractivity contribution in [2.75, 3.05) is 0 Å². The number of ketones is 1. The number of aliphatic hydroxyl groups is 2. The Bertz CT molecular complexity index is 625. The minimum absolute atomic E-state index is 0.0231. The van der Waals surface area contributed by atoms with Crippen LogP contribution in [0.4, 0.5) is 0 Å². The number of hydrogen-bond donors (Lipinski definition) is 2. The molecule has 0 amide bonds. The van der Waals surface area contributed by atoms with Gasteiger partial charge in [0.05, 0.1) is 0 Å². The van der Waals surface area contributed by atoms with Crippen LogP contribution in [-0.4, -0.2) is 21.8 Å². The molecule has 0 saturated heterocycles. The quantitative estimate of drug-likeness (QED) is 0.570. The fourth-order valence-electron chi connectivity index (χ4n) is 7.00. The zero-order valence-electron chi connectivity index (χ0n) is 15.1. The van der Waals surface area contributed by atoms with Crippen LogP contribution in [0.3, 0.4) is 0 Å². The van der Waals surface area contributed by atoms with Crippen LogP contribution in [0.15, 0.2) is 23.8 Å². The van der Waals surface area contributed by atoms with E-state index in [9.17, 15) is 15.0 Å². The van der Waals surface area contributed by atoms with Gasteiger partial charge in [-0.05, 0) is 68.3 Å². The maximum Gasteiger partial charge on any atom is 0.163 e. The van der Waals surface area contributed by atoms with Gasteiger partial charge in [-0.1, -0.05) is 31.6 Å². The number of rotatable bonds is 1. The van der Waals surface area contributed by atoms with Gasteiger partial charge in [0.25, 0.3) is 0 Å². The molecule has 4 aliphatic carbocycles. The van der Waals surface area contributed by atoms with Gasteiger partial charge in [0.2, 0.25) is 0 Å². The zero-order chi connectivity index (χ0) is 17.3. The van der Waals surface area contributed by atoms with Gasteiger partial charge in [-0.3, -0.25) is 4.79 Å². The summed E-state index contributed by atoms with van der Waals surface area (Å²) in [7, 11) is 0. The van der Waals surface area contributed by atoms with E-state index in [1.807, 2.05) is 0 Å². The monoisotopic (exact) mass is 330 g/mol. The van der Waals surface area contributed by atoms with Gasteiger partial charge >= 0.3 is 0 Å². The summed E-state index contributed by atoms with van der Waals surface area (Å²) in [6, 6.07) is 0.